The van der Waals surface area contributed by atoms with E-state index in [4.69, 9.17) is 24.9 Å². The zero-order valence-corrected chi connectivity index (χ0v) is 86.9. The van der Waals surface area contributed by atoms with Crippen molar-refractivity contribution in [2.24, 2.45) is 0 Å². The average molecular weight is 1910 g/mol. The van der Waals surface area contributed by atoms with Crippen LogP contribution < -0.4 is 0 Å². The van der Waals surface area contributed by atoms with E-state index in [9.17, 15) is 0 Å². The molecule has 0 N–H and O–H groups in total. The monoisotopic (exact) mass is 1910 g/mol. The molecule has 0 aliphatic heterocycles. The summed E-state index contributed by atoms with van der Waals surface area (Å²) in [6.45, 7) is 40.6. The average Bonchev–Trinajstić information content (AvgIpc) is 1.62. The number of benzene rings is 18. The second-order valence-electron chi connectivity index (χ2n) is 45.9. The predicted molar refractivity (Wildman–Crippen MR) is 628 cm³/mol. The van der Waals surface area contributed by atoms with Crippen LogP contribution in [0.1, 0.15) is 158 Å². The molecule has 11 nitrogen and oxygen atoms in total. The van der Waals surface area contributed by atoms with Crippen LogP contribution in [0.25, 0.3) is 224 Å². The Labute approximate surface area is 855 Å². The number of rotatable bonds is 0. The van der Waals surface area contributed by atoms with Gasteiger partial charge in [0.1, 0.15) is 28.2 Å². The molecule has 29 rings (SSSR count). The molecular formula is C136H119N11. The minimum atomic E-state index is 0.0943. The summed E-state index contributed by atoms with van der Waals surface area (Å²) in [5, 5.41) is 25.1. The first-order chi connectivity index (χ1) is 70.7. The highest BCUT2D eigenvalue weighted by Gasteiger charge is 2.28. The van der Waals surface area contributed by atoms with Gasteiger partial charge in [-0.1, -0.05) is 385 Å². The van der Waals surface area contributed by atoms with Gasteiger partial charge in [0.25, 0.3) is 0 Å². The van der Waals surface area contributed by atoms with E-state index in [0.29, 0.717) is 0 Å². The maximum Gasteiger partial charge on any atom is 0.147 e. The largest absolute Gasteiger partial charge is 0.292 e. The lowest BCUT2D eigenvalue weighted by Gasteiger charge is -2.21. The van der Waals surface area contributed by atoms with Crippen molar-refractivity contribution in [3.05, 3.63) is 428 Å². The van der Waals surface area contributed by atoms with Gasteiger partial charge in [-0.25, -0.2) is 24.9 Å². The van der Waals surface area contributed by atoms with Crippen LogP contribution in [0.3, 0.4) is 0 Å². The summed E-state index contributed by atoms with van der Waals surface area (Å²) in [6.07, 6.45) is 1.86. The lowest BCUT2D eigenvalue weighted by Crippen LogP contribution is -2.11. The Morgan fingerprint density at radius 3 is 0.952 bits per heavy atom. The van der Waals surface area contributed by atoms with Crippen molar-refractivity contribution >= 4 is 224 Å². The van der Waals surface area contributed by atoms with Crippen molar-refractivity contribution in [1.29, 1.82) is 0 Å². The van der Waals surface area contributed by atoms with Crippen molar-refractivity contribution in [2.45, 2.75) is 157 Å². The molecule has 0 radical (unpaired) electrons. The van der Waals surface area contributed by atoms with E-state index in [-0.39, 0.29) is 32.5 Å². The molecule has 0 aliphatic carbocycles. The fourth-order valence-electron chi connectivity index (χ4n) is 22.2. The fourth-order valence-corrected chi connectivity index (χ4v) is 22.2. The Kier molecular flexibility index (Phi) is 22.1. The van der Waals surface area contributed by atoms with Crippen LogP contribution in [-0.2, 0) is 32.5 Å². The quantitative estimate of drug-likeness (QED) is 0.140. The summed E-state index contributed by atoms with van der Waals surface area (Å²) < 4.78 is 11.6. The molecule has 29 aromatic rings. The Morgan fingerprint density at radius 2 is 0.463 bits per heavy atom. The van der Waals surface area contributed by atoms with E-state index < -0.39 is 0 Å². The van der Waals surface area contributed by atoms with Crippen LogP contribution in [0.5, 0.6) is 0 Å². The molecule has 0 fully saturated rings. The normalized spacial score (nSPS) is 12.6. The third-order valence-corrected chi connectivity index (χ3v) is 30.0. The molecule has 147 heavy (non-hydrogen) atoms. The van der Waals surface area contributed by atoms with Gasteiger partial charge in [-0.3, -0.25) is 27.0 Å². The molecule has 11 aromatic heterocycles. The summed E-state index contributed by atoms with van der Waals surface area (Å²) in [7, 11) is 0. The smallest absolute Gasteiger partial charge is 0.147 e. The SMILES string of the molecule is CC(C)(C)c1ccc2c(c1)c1c3ccccc3ccc1c1nc3ccccc3n21.CC(C)(C)c1ccc2c(c1)c1ccc3ccccc3c1c1nc3ccccc3n21.CC(C)(C)c1ccc2c(c1)c1ccccc1n1c3ccccc3nc21.CC(C)(C)c1ccc2c3ccccc3n3c4ccccc4nc3c2c1.CC(C)(C)c1ccc2nc3c4ccccc4c4ccccc4n3c2c1.CC(C)(C)c1cccc2cccnc12. The maximum absolute atomic E-state index is 5.08. The van der Waals surface area contributed by atoms with Crippen molar-refractivity contribution < 1.29 is 0 Å². The van der Waals surface area contributed by atoms with Crippen molar-refractivity contribution in [2.75, 3.05) is 0 Å². The summed E-state index contributed by atoms with van der Waals surface area (Å²) in [6, 6.07) is 139. The first-order valence-corrected chi connectivity index (χ1v) is 51.6. The van der Waals surface area contributed by atoms with Gasteiger partial charge in [0, 0.05) is 70.8 Å². The molecule has 0 saturated carbocycles. The van der Waals surface area contributed by atoms with Gasteiger partial charge in [-0.05, 0) is 236 Å². The number of para-hydroxylation sites is 12. The number of hydrogen-bond donors (Lipinski definition) is 0. The van der Waals surface area contributed by atoms with Gasteiger partial charge in [-0.2, -0.15) is 0 Å². The van der Waals surface area contributed by atoms with E-state index in [0.717, 1.165) is 83.4 Å². The Bertz CT molecular complexity index is 10400. The molecule has 0 atom stereocenters. The molecule has 718 valence electrons. The van der Waals surface area contributed by atoms with Crippen molar-refractivity contribution in [3.63, 3.8) is 0 Å². The Hall–Kier alpha value is -16.8. The molecule has 18 aromatic carbocycles. The van der Waals surface area contributed by atoms with Crippen molar-refractivity contribution in [1.82, 2.24) is 51.9 Å². The highest BCUT2D eigenvalue weighted by molar-refractivity contribution is 6.26. The maximum atomic E-state index is 5.08. The third-order valence-electron chi connectivity index (χ3n) is 30.0. The first-order valence-electron chi connectivity index (χ1n) is 51.6. The number of pyridine rings is 6. The van der Waals surface area contributed by atoms with E-state index in [2.05, 4.69) is 534 Å². The van der Waals surface area contributed by atoms with Gasteiger partial charge in [-0.15, -0.1) is 0 Å². The second-order valence-corrected chi connectivity index (χ2v) is 45.9. The highest BCUT2D eigenvalue weighted by Crippen LogP contribution is 2.45. The Balaban J connectivity index is 0.0000000953. The number of fused-ring (bicyclic) bond motifs is 45. The van der Waals surface area contributed by atoms with Crippen LogP contribution in [0.4, 0.5) is 0 Å². The lowest BCUT2D eigenvalue weighted by atomic mass is 9.85. The van der Waals surface area contributed by atoms with E-state index >= 15 is 0 Å². The van der Waals surface area contributed by atoms with E-state index in [1.54, 1.807) is 0 Å². The number of hydrogen-bond acceptors (Lipinski definition) is 6. The second kappa shape index (κ2) is 35.1. The molecule has 11 heteroatoms. The molecule has 0 aliphatic rings. The van der Waals surface area contributed by atoms with Crippen molar-refractivity contribution in [3.8, 4) is 0 Å². The van der Waals surface area contributed by atoms with Crippen LogP contribution in [-0.4, -0.2) is 51.9 Å². The van der Waals surface area contributed by atoms with E-state index in [1.165, 1.54) is 174 Å². The van der Waals surface area contributed by atoms with Crippen LogP contribution in [0, 0.1) is 0 Å². The first kappa shape index (κ1) is 92.6. The summed E-state index contributed by atoms with van der Waals surface area (Å²) in [5.74, 6) is 0. The topological polar surface area (TPSA) is 99.4 Å². The van der Waals surface area contributed by atoms with Gasteiger partial charge in [0.05, 0.1) is 88.3 Å². The highest BCUT2D eigenvalue weighted by atomic mass is 15.1. The fraction of sp³-hybridized carbons (Fsp3) is 0.176. The van der Waals surface area contributed by atoms with Gasteiger partial charge in [0.2, 0.25) is 0 Å². The number of aromatic nitrogens is 11. The van der Waals surface area contributed by atoms with Gasteiger partial charge in [0.15, 0.2) is 0 Å². The molecule has 0 unspecified atom stereocenters. The van der Waals surface area contributed by atoms with E-state index in [1.807, 2.05) is 12.3 Å². The van der Waals surface area contributed by atoms with Gasteiger partial charge >= 0.3 is 0 Å². The molecule has 0 bridgehead atoms. The van der Waals surface area contributed by atoms with Crippen LogP contribution in [0.2, 0.25) is 0 Å². The molecule has 11 heterocycles. The third kappa shape index (κ3) is 16.0. The Morgan fingerprint density at radius 1 is 0.163 bits per heavy atom. The molecular weight excluding hydrogens is 1790 g/mol. The lowest BCUT2D eigenvalue weighted by molar-refractivity contribution is 0.590. The summed E-state index contributed by atoms with van der Waals surface area (Å²) in [4.78, 5) is 29.5. The van der Waals surface area contributed by atoms with Crippen LogP contribution in [0.15, 0.2) is 394 Å². The molecule has 0 saturated heterocycles. The zero-order chi connectivity index (χ0) is 101. The standard InChI is InChI=1S/2C27H22N2.3C23H20N2.C13H15N/c1-27(2,3)18-13-15-23-21(16-18)25-19-9-5-4-8-17(19)12-14-20(25)26-28-22-10-6-7-11-24(22)29(23)26;1-27(2,3)18-13-15-23-21(16-18)20-14-12-17-8-4-5-9-19(17)25(20)26-28-22-10-6-7-11-24(22)29(23)26;1-23(2,3)15-12-13-16-17-8-4-6-10-20(17)25-21-11-7-5-9-19(21)24-22(25)18(16)14-15;1-23(2,3)15-12-13-17-18(14-15)16-8-4-6-10-20(16)25-21-11-7-5-9-19(21)24-22(17)25;1-23(2,3)15-12-13-19-21(14-15)25-20-11-7-6-9-17(20)16-8-4-5-10-18(16)22(25)24-19;1-13(2,3)11-8-4-6-10-7-5-9-14-12(10)11/h2*4-16H,1-3H3;3*4-14H,1-3H3;4-9H,1-3H3. The van der Waals surface area contributed by atoms with Crippen LogP contribution >= 0.6 is 0 Å². The molecule has 0 spiro atoms. The molecule has 0 amide bonds. The summed E-state index contributed by atoms with van der Waals surface area (Å²) in [5.41, 5.74) is 32.2. The zero-order valence-electron chi connectivity index (χ0n) is 86.9. The number of imidazole rings is 5. The minimum absolute atomic E-state index is 0.0943. The summed E-state index contributed by atoms with van der Waals surface area (Å²) >= 11 is 0. The number of nitrogens with zero attached hydrogens (tertiary/aromatic N) is 11. The minimum Gasteiger partial charge on any atom is -0.292 e. The predicted octanol–water partition coefficient (Wildman–Crippen LogP) is 36.3. The van der Waals surface area contributed by atoms with Gasteiger partial charge < -0.3 is 0 Å².